The second-order valence-electron chi connectivity index (χ2n) is 2.91. The monoisotopic (exact) mass is 194 g/mol. The Kier molecular flexibility index (Phi) is 9.12. The van der Waals surface area contributed by atoms with Crippen molar-refractivity contribution in [2.45, 2.75) is 32.3 Å². The van der Waals surface area contributed by atoms with Gasteiger partial charge in [-0.05, 0) is 25.3 Å². The third-order valence-corrected chi connectivity index (χ3v) is 1.63. The fraction of sp³-hybridized carbons (Fsp3) is 0.417. The Bertz CT molecular complexity index is 214. The van der Waals surface area contributed by atoms with Crippen LogP contribution in [-0.4, -0.2) is 17.5 Å². The first-order valence-electron chi connectivity index (χ1n) is 4.91. The minimum absolute atomic E-state index is 0.549. The SMILES string of the molecule is CC/C=C\C/C=C\CC(O)/C=C/C=O. The molecule has 0 radical (unpaired) electrons. The summed E-state index contributed by atoms with van der Waals surface area (Å²) in [5.41, 5.74) is 0. The van der Waals surface area contributed by atoms with E-state index < -0.39 is 6.10 Å². The van der Waals surface area contributed by atoms with E-state index in [4.69, 9.17) is 0 Å². The molecule has 1 atom stereocenters. The number of aliphatic hydroxyl groups is 1. The van der Waals surface area contributed by atoms with Gasteiger partial charge in [-0.3, -0.25) is 4.79 Å². The highest BCUT2D eigenvalue weighted by molar-refractivity contribution is 5.64. The number of hydrogen-bond donors (Lipinski definition) is 1. The maximum Gasteiger partial charge on any atom is 0.142 e. The van der Waals surface area contributed by atoms with Crippen LogP contribution in [0.25, 0.3) is 0 Å². The van der Waals surface area contributed by atoms with Crippen LogP contribution in [0.1, 0.15) is 26.2 Å². The standard InChI is InChI=1S/C12H18O2/c1-2-3-4-5-6-7-9-12(14)10-8-11-13/h3-4,6-8,10-12,14H,2,5,9H2,1H3/b4-3-,7-6-,10-8+. The van der Waals surface area contributed by atoms with Gasteiger partial charge in [-0.2, -0.15) is 0 Å². The predicted molar refractivity (Wildman–Crippen MR) is 59.0 cm³/mol. The van der Waals surface area contributed by atoms with Gasteiger partial charge in [-0.25, -0.2) is 0 Å². The summed E-state index contributed by atoms with van der Waals surface area (Å²) in [7, 11) is 0. The molecule has 0 aliphatic heterocycles. The molecule has 2 heteroatoms. The number of carbonyl (C=O) groups excluding carboxylic acids is 1. The minimum atomic E-state index is -0.549. The van der Waals surface area contributed by atoms with Crippen LogP contribution < -0.4 is 0 Å². The van der Waals surface area contributed by atoms with Gasteiger partial charge in [0.1, 0.15) is 6.29 Å². The normalized spacial score (nSPS) is 14.4. The molecule has 14 heavy (non-hydrogen) atoms. The Morgan fingerprint density at radius 1 is 1.21 bits per heavy atom. The number of carbonyl (C=O) groups is 1. The fourth-order valence-corrected chi connectivity index (χ4v) is 0.926. The Morgan fingerprint density at radius 2 is 1.93 bits per heavy atom. The van der Waals surface area contributed by atoms with E-state index in [0.717, 1.165) is 12.8 Å². The Labute approximate surface area is 85.6 Å². The number of rotatable bonds is 7. The summed E-state index contributed by atoms with van der Waals surface area (Å²) in [6.45, 7) is 2.09. The summed E-state index contributed by atoms with van der Waals surface area (Å²) >= 11 is 0. The van der Waals surface area contributed by atoms with Gasteiger partial charge in [0.05, 0.1) is 6.10 Å². The van der Waals surface area contributed by atoms with Crippen LogP contribution in [0.5, 0.6) is 0 Å². The molecule has 1 unspecified atom stereocenters. The molecule has 0 saturated heterocycles. The van der Waals surface area contributed by atoms with Gasteiger partial charge in [-0.15, -0.1) is 0 Å². The summed E-state index contributed by atoms with van der Waals surface area (Å²) in [6.07, 6.45) is 13.5. The van der Waals surface area contributed by atoms with Gasteiger partial charge >= 0.3 is 0 Å². The van der Waals surface area contributed by atoms with Crippen LogP contribution in [-0.2, 0) is 4.79 Å². The van der Waals surface area contributed by atoms with E-state index in [0.29, 0.717) is 12.7 Å². The third kappa shape index (κ3) is 8.94. The number of hydrogen-bond acceptors (Lipinski definition) is 2. The summed E-state index contributed by atoms with van der Waals surface area (Å²) in [6, 6.07) is 0. The lowest BCUT2D eigenvalue weighted by Gasteiger charge is -1.97. The van der Waals surface area contributed by atoms with Gasteiger partial charge in [0, 0.05) is 0 Å². The van der Waals surface area contributed by atoms with Crippen molar-refractivity contribution in [2.75, 3.05) is 0 Å². The molecule has 0 aromatic carbocycles. The molecule has 0 spiro atoms. The first kappa shape index (κ1) is 12.8. The van der Waals surface area contributed by atoms with E-state index in [9.17, 15) is 9.90 Å². The van der Waals surface area contributed by atoms with Crippen LogP contribution in [0.15, 0.2) is 36.5 Å². The predicted octanol–water partition coefficient (Wildman–Crippen LogP) is 2.41. The maximum atomic E-state index is 9.93. The lowest BCUT2D eigenvalue weighted by molar-refractivity contribution is -0.104. The molecule has 0 aliphatic rings. The van der Waals surface area contributed by atoms with Crippen LogP contribution in [0.2, 0.25) is 0 Å². The highest BCUT2D eigenvalue weighted by atomic mass is 16.3. The molecular formula is C12H18O2. The highest BCUT2D eigenvalue weighted by Crippen LogP contribution is 1.96. The number of aliphatic hydroxyl groups excluding tert-OH is 1. The third-order valence-electron chi connectivity index (χ3n) is 1.63. The summed E-state index contributed by atoms with van der Waals surface area (Å²) in [5, 5.41) is 9.27. The lowest BCUT2D eigenvalue weighted by atomic mass is 10.2. The molecule has 1 N–H and O–H groups in total. The average molecular weight is 194 g/mol. The van der Waals surface area contributed by atoms with Gasteiger partial charge in [0.2, 0.25) is 0 Å². The largest absolute Gasteiger partial charge is 0.389 e. The van der Waals surface area contributed by atoms with Crippen LogP contribution in [0.3, 0.4) is 0 Å². The summed E-state index contributed by atoms with van der Waals surface area (Å²) in [4.78, 5) is 9.93. The first-order valence-corrected chi connectivity index (χ1v) is 4.91. The molecule has 0 aromatic heterocycles. The van der Waals surface area contributed by atoms with Crippen molar-refractivity contribution in [1.82, 2.24) is 0 Å². The van der Waals surface area contributed by atoms with E-state index >= 15 is 0 Å². The van der Waals surface area contributed by atoms with E-state index in [1.807, 2.05) is 12.2 Å². The molecule has 0 bridgehead atoms. The van der Waals surface area contributed by atoms with Gasteiger partial charge in [-0.1, -0.05) is 37.3 Å². The molecule has 0 amide bonds. The topological polar surface area (TPSA) is 37.3 Å². The van der Waals surface area contributed by atoms with Crippen molar-refractivity contribution in [3.8, 4) is 0 Å². The van der Waals surface area contributed by atoms with Gasteiger partial charge in [0.15, 0.2) is 0 Å². The van der Waals surface area contributed by atoms with Crippen molar-refractivity contribution >= 4 is 6.29 Å². The quantitative estimate of drug-likeness (QED) is 0.384. The average Bonchev–Trinajstić information content (AvgIpc) is 2.20. The summed E-state index contributed by atoms with van der Waals surface area (Å²) < 4.78 is 0. The van der Waals surface area contributed by atoms with Crippen molar-refractivity contribution in [1.29, 1.82) is 0 Å². The van der Waals surface area contributed by atoms with Crippen molar-refractivity contribution < 1.29 is 9.90 Å². The molecule has 0 rings (SSSR count). The molecule has 0 fully saturated rings. The van der Waals surface area contributed by atoms with Crippen LogP contribution in [0.4, 0.5) is 0 Å². The Hall–Kier alpha value is -1.15. The minimum Gasteiger partial charge on any atom is -0.389 e. The summed E-state index contributed by atoms with van der Waals surface area (Å²) in [5.74, 6) is 0. The maximum absolute atomic E-state index is 9.93. The molecule has 0 heterocycles. The zero-order valence-electron chi connectivity index (χ0n) is 8.60. The Balaban J connectivity index is 3.55. The smallest absolute Gasteiger partial charge is 0.142 e. The fourth-order valence-electron chi connectivity index (χ4n) is 0.926. The van der Waals surface area contributed by atoms with E-state index in [-0.39, 0.29) is 0 Å². The molecule has 0 aliphatic carbocycles. The molecule has 0 saturated carbocycles. The molecule has 2 nitrogen and oxygen atoms in total. The second kappa shape index (κ2) is 9.93. The molecule has 78 valence electrons. The van der Waals surface area contributed by atoms with Crippen LogP contribution in [0, 0.1) is 0 Å². The van der Waals surface area contributed by atoms with Gasteiger partial charge < -0.3 is 5.11 Å². The first-order chi connectivity index (χ1) is 6.81. The number of allylic oxidation sites excluding steroid dienone is 4. The lowest BCUT2D eigenvalue weighted by Crippen LogP contribution is -1.98. The zero-order chi connectivity index (χ0) is 10.6. The highest BCUT2D eigenvalue weighted by Gasteiger charge is 1.92. The van der Waals surface area contributed by atoms with E-state index in [1.54, 1.807) is 0 Å². The van der Waals surface area contributed by atoms with E-state index in [2.05, 4.69) is 19.1 Å². The number of aldehydes is 1. The van der Waals surface area contributed by atoms with Crippen molar-refractivity contribution in [2.24, 2.45) is 0 Å². The van der Waals surface area contributed by atoms with E-state index in [1.165, 1.54) is 12.2 Å². The van der Waals surface area contributed by atoms with Crippen molar-refractivity contribution in [3.63, 3.8) is 0 Å². The van der Waals surface area contributed by atoms with Crippen LogP contribution >= 0.6 is 0 Å². The molecule has 0 aromatic rings. The van der Waals surface area contributed by atoms with Gasteiger partial charge in [0.25, 0.3) is 0 Å². The molecular weight excluding hydrogens is 176 g/mol. The van der Waals surface area contributed by atoms with Crippen molar-refractivity contribution in [3.05, 3.63) is 36.5 Å². The zero-order valence-corrected chi connectivity index (χ0v) is 8.60. The Morgan fingerprint density at radius 3 is 2.57 bits per heavy atom. The second-order valence-corrected chi connectivity index (χ2v) is 2.91.